The zero-order valence-electron chi connectivity index (χ0n) is 17.4. The Balaban J connectivity index is 2.00. The molecule has 150 valence electrons. The molecule has 27 heavy (non-hydrogen) atoms. The molecule has 1 N–H and O–H groups in total. The van der Waals surface area contributed by atoms with Gasteiger partial charge in [0.1, 0.15) is 5.82 Å². The number of hydrogen-bond acceptors (Lipinski definition) is 2. The van der Waals surface area contributed by atoms with E-state index in [-0.39, 0.29) is 5.82 Å². The zero-order valence-corrected chi connectivity index (χ0v) is 17.4. The summed E-state index contributed by atoms with van der Waals surface area (Å²) < 4.78 is 14.7. The number of nitrogens with zero attached hydrogens (tertiary/aromatic N) is 1. The maximum Gasteiger partial charge on any atom is 0.127 e. The van der Waals surface area contributed by atoms with Crippen molar-refractivity contribution in [3.05, 3.63) is 40.7 Å². The lowest BCUT2D eigenvalue weighted by Gasteiger charge is -2.12. The first-order valence-electron chi connectivity index (χ1n) is 10.8. The van der Waals surface area contributed by atoms with E-state index in [0.29, 0.717) is 11.6 Å². The van der Waals surface area contributed by atoms with E-state index in [9.17, 15) is 9.60 Å². The van der Waals surface area contributed by atoms with Crippen LogP contribution in [0.5, 0.6) is 0 Å². The quantitative estimate of drug-likeness (QED) is 0.242. The number of oxime groups is 1. The van der Waals surface area contributed by atoms with Gasteiger partial charge in [0.05, 0.1) is 5.71 Å². The molecule has 0 atom stereocenters. The van der Waals surface area contributed by atoms with Crippen molar-refractivity contribution in [1.29, 1.82) is 0 Å². The third-order valence-corrected chi connectivity index (χ3v) is 5.47. The van der Waals surface area contributed by atoms with Gasteiger partial charge >= 0.3 is 0 Å². The summed E-state index contributed by atoms with van der Waals surface area (Å²) in [4.78, 5) is 0. The number of rotatable bonds is 11. The molecule has 0 heterocycles. The summed E-state index contributed by atoms with van der Waals surface area (Å²) in [5.41, 5.74) is 4.62. The van der Waals surface area contributed by atoms with Crippen LogP contribution in [0.1, 0.15) is 96.1 Å². The van der Waals surface area contributed by atoms with Crippen LogP contribution in [0.15, 0.2) is 28.9 Å². The van der Waals surface area contributed by atoms with Gasteiger partial charge in [0.2, 0.25) is 0 Å². The molecule has 0 unspecified atom stereocenters. The molecule has 3 heteroatoms. The Morgan fingerprint density at radius 2 is 1.74 bits per heavy atom. The minimum absolute atomic E-state index is 0.126. The van der Waals surface area contributed by atoms with Crippen molar-refractivity contribution in [3.63, 3.8) is 0 Å². The van der Waals surface area contributed by atoms with Crippen molar-refractivity contribution < 1.29 is 9.60 Å². The molecular formula is C24H36FNO. The molecule has 0 amide bonds. The first kappa shape index (κ1) is 21.7. The second-order valence-corrected chi connectivity index (χ2v) is 8.30. The highest BCUT2D eigenvalue weighted by Crippen LogP contribution is 2.36. The average molecular weight is 374 g/mol. The molecule has 1 aromatic rings. The lowest BCUT2D eigenvalue weighted by molar-refractivity contribution is 0.319. The third-order valence-electron chi connectivity index (χ3n) is 5.47. The molecule has 1 aliphatic rings. The zero-order chi connectivity index (χ0) is 19.6. The smallest absolute Gasteiger partial charge is 0.127 e. The first-order valence-corrected chi connectivity index (χ1v) is 10.8. The average Bonchev–Trinajstić information content (AvgIpc) is 3.04. The van der Waals surface area contributed by atoms with Crippen LogP contribution < -0.4 is 0 Å². The Morgan fingerprint density at radius 1 is 1.04 bits per heavy atom. The van der Waals surface area contributed by atoms with Crippen molar-refractivity contribution in [1.82, 2.24) is 0 Å². The molecule has 0 spiro atoms. The number of halogens is 1. The van der Waals surface area contributed by atoms with Crippen LogP contribution in [0, 0.1) is 11.7 Å². The van der Waals surface area contributed by atoms with Crippen LogP contribution in [0.25, 0.3) is 5.57 Å². The summed E-state index contributed by atoms with van der Waals surface area (Å²) in [5.74, 6) is 0.411. The number of hydrogen-bond donors (Lipinski definition) is 1. The predicted octanol–water partition coefficient (Wildman–Crippen LogP) is 7.54. The summed E-state index contributed by atoms with van der Waals surface area (Å²) in [5, 5.41) is 12.8. The molecule has 0 aromatic heterocycles. The highest BCUT2D eigenvalue weighted by molar-refractivity contribution is 6.26. The minimum Gasteiger partial charge on any atom is -0.411 e. The fourth-order valence-corrected chi connectivity index (χ4v) is 4.07. The van der Waals surface area contributed by atoms with Crippen LogP contribution in [0.4, 0.5) is 4.39 Å². The van der Waals surface area contributed by atoms with Gasteiger partial charge in [-0.2, -0.15) is 0 Å². The van der Waals surface area contributed by atoms with E-state index in [0.717, 1.165) is 48.8 Å². The van der Waals surface area contributed by atoms with E-state index in [1.807, 2.05) is 12.1 Å². The van der Waals surface area contributed by atoms with Crippen LogP contribution >= 0.6 is 0 Å². The normalized spacial score (nSPS) is 16.1. The van der Waals surface area contributed by atoms with Crippen molar-refractivity contribution in [2.45, 2.75) is 91.4 Å². The number of allylic oxidation sites excluding steroid dienone is 2. The number of aryl methyl sites for hydroxylation is 1. The molecular weight excluding hydrogens is 337 g/mol. The van der Waals surface area contributed by atoms with Crippen LogP contribution in [-0.2, 0) is 6.42 Å². The van der Waals surface area contributed by atoms with Gasteiger partial charge in [0.15, 0.2) is 0 Å². The highest BCUT2D eigenvalue weighted by atomic mass is 19.1. The van der Waals surface area contributed by atoms with E-state index in [4.69, 9.17) is 0 Å². The summed E-state index contributed by atoms with van der Waals surface area (Å²) in [6, 6.07) is 5.57. The molecule has 0 aliphatic heterocycles. The second-order valence-electron chi connectivity index (χ2n) is 8.30. The van der Waals surface area contributed by atoms with Crippen molar-refractivity contribution >= 4 is 11.3 Å². The Kier molecular flexibility index (Phi) is 9.03. The molecule has 0 saturated heterocycles. The van der Waals surface area contributed by atoms with Gasteiger partial charge < -0.3 is 5.21 Å². The van der Waals surface area contributed by atoms with Gasteiger partial charge in [-0.1, -0.05) is 82.2 Å². The maximum atomic E-state index is 14.7. The van der Waals surface area contributed by atoms with Crippen LogP contribution in [-0.4, -0.2) is 10.9 Å². The Hall–Kier alpha value is -1.64. The van der Waals surface area contributed by atoms with Gasteiger partial charge in [-0.15, -0.1) is 0 Å². The third kappa shape index (κ3) is 6.48. The van der Waals surface area contributed by atoms with Crippen molar-refractivity contribution in [2.24, 2.45) is 11.1 Å². The van der Waals surface area contributed by atoms with Gasteiger partial charge in [-0.3, -0.25) is 0 Å². The lowest BCUT2D eigenvalue weighted by atomic mass is 9.94. The van der Waals surface area contributed by atoms with E-state index in [2.05, 4.69) is 25.9 Å². The van der Waals surface area contributed by atoms with E-state index in [1.54, 1.807) is 6.07 Å². The largest absolute Gasteiger partial charge is 0.411 e. The van der Waals surface area contributed by atoms with Crippen LogP contribution in [0.3, 0.4) is 0 Å². The van der Waals surface area contributed by atoms with Gasteiger partial charge in [-0.05, 0) is 55.2 Å². The van der Waals surface area contributed by atoms with Crippen LogP contribution in [0.2, 0.25) is 0 Å². The fraction of sp³-hybridized carbons (Fsp3) is 0.625. The summed E-state index contributed by atoms with van der Waals surface area (Å²) in [6.07, 6.45) is 12.1. The number of unbranched alkanes of at least 4 members (excludes halogenated alkanes) is 6. The second kappa shape index (κ2) is 11.3. The lowest BCUT2D eigenvalue weighted by Crippen LogP contribution is -2.01. The van der Waals surface area contributed by atoms with E-state index >= 15 is 0 Å². The highest BCUT2D eigenvalue weighted by Gasteiger charge is 2.24. The predicted molar refractivity (Wildman–Crippen MR) is 113 cm³/mol. The monoisotopic (exact) mass is 373 g/mol. The summed E-state index contributed by atoms with van der Waals surface area (Å²) >= 11 is 0. The Bertz CT molecular complexity index is 660. The molecule has 1 aliphatic carbocycles. The van der Waals surface area contributed by atoms with Gasteiger partial charge in [-0.25, -0.2) is 4.39 Å². The molecule has 0 fully saturated rings. The van der Waals surface area contributed by atoms with Crippen molar-refractivity contribution in [3.8, 4) is 0 Å². The maximum absolute atomic E-state index is 14.7. The Morgan fingerprint density at radius 3 is 2.37 bits per heavy atom. The standard InChI is InChI=1S/C24H36FNO/c1-4-5-6-7-8-9-10-11-19-12-13-21(17-22(19)25)24-20(16-18(2)3)14-15-23(24)26-27/h12-13,17-18,27H,4-11,14-16H2,1-3H3. The van der Waals surface area contributed by atoms with Crippen molar-refractivity contribution in [2.75, 3.05) is 0 Å². The number of benzene rings is 1. The summed E-state index contributed by atoms with van der Waals surface area (Å²) in [6.45, 7) is 6.60. The van der Waals surface area contributed by atoms with Gasteiger partial charge in [0, 0.05) is 5.57 Å². The van der Waals surface area contributed by atoms with Gasteiger partial charge in [0.25, 0.3) is 0 Å². The van der Waals surface area contributed by atoms with E-state index in [1.165, 1.54) is 44.1 Å². The molecule has 2 nitrogen and oxygen atoms in total. The molecule has 0 saturated carbocycles. The van der Waals surface area contributed by atoms with E-state index < -0.39 is 0 Å². The first-order chi connectivity index (χ1) is 13.1. The molecule has 0 bridgehead atoms. The summed E-state index contributed by atoms with van der Waals surface area (Å²) in [7, 11) is 0. The topological polar surface area (TPSA) is 32.6 Å². The minimum atomic E-state index is -0.126. The molecule has 1 aromatic carbocycles. The SMILES string of the molecule is CCCCCCCCCc1ccc(C2=C(CC(C)C)CCC2=NO)cc1F. The molecule has 0 radical (unpaired) electrons. The fourth-order valence-electron chi connectivity index (χ4n) is 4.07. The Labute approximate surface area is 164 Å². The molecule has 2 rings (SSSR count).